The Bertz CT molecular complexity index is 793. The van der Waals surface area contributed by atoms with E-state index in [1.54, 1.807) is 12.1 Å². The van der Waals surface area contributed by atoms with Crippen molar-refractivity contribution in [1.29, 1.82) is 0 Å². The number of nitrogens with one attached hydrogen (secondary N) is 1. The fraction of sp³-hybridized carbons (Fsp3) is 0.263. The summed E-state index contributed by atoms with van der Waals surface area (Å²) in [5, 5.41) is 2.75. The third-order valence-electron chi connectivity index (χ3n) is 3.71. The largest absolute Gasteiger partial charge is 0.493 e. The number of hydrogen-bond acceptors (Lipinski definition) is 5. The van der Waals surface area contributed by atoms with E-state index in [-0.39, 0.29) is 17.4 Å². The zero-order chi connectivity index (χ0) is 19.8. The Balaban J connectivity index is 1.91. The Kier molecular flexibility index (Phi) is 7.10. The van der Waals surface area contributed by atoms with E-state index in [2.05, 4.69) is 14.8 Å². The summed E-state index contributed by atoms with van der Waals surface area (Å²) in [6, 6.07) is 10.7. The van der Waals surface area contributed by atoms with E-state index in [0.717, 1.165) is 5.56 Å². The van der Waals surface area contributed by atoms with Crippen molar-refractivity contribution in [3.8, 4) is 11.5 Å². The molecule has 0 radical (unpaired) electrons. The minimum atomic E-state index is -2.94. The smallest absolute Gasteiger partial charge is 0.387 e. The third kappa shape index (κ3) is 5.67. The lowest BCUT2D eigenvalue weighted by molar-refractivity contribution is -0.0512. The second-order valence-corrected chi connectivity index (χ2v) is 5.44. The number of ether oxygens (including phenoxy) is 3. The highest BCUT2D eigenvalue weighted by Crippen LogP contribution is 2.29. The van der Waals surface area contributed by atoms with Crippen molar-refractivity contribution in [2.75, 3.05) is 20.8 Å². The summed E-state index contributed by atoms with van der Waals surface area (Å²) in [5.74, 6) is -0.630. The Labute approximate surface area is 155 Å². The summed E-state index contributed by atoms with van der Waals surface area (Å²) < 4.78 is 38.7. The number of amides is 1. The minimum Gasteiger partial charge on any atom is -0.493 e. The van der Waals surface area contributed by atoms with E-state index in [1.165, 1.54) is 44.6 Å². The maximum absolute atomic E-state index is 12.3. The van der Waals surface area contributed by atoms with E-state index in [1.807, 2.05) is 0 Å². The van der Waals surface area contributed by atoms with Crippen LogP contribution in [-0.2, 0) is 11.2 Å². The van der Waals surface area contributed by atoms with Gasteiger partial charge in [-0.05, 0) is 48.4 Å². The molecule has 27 heavy (non-hydrogen) atoms. The van der Waals surface area contributed by atoms with E-state index < -0.39 is 12.6 Å². The molecule has 2 rings (SSSR count). The molecule has 144 valence electrons. The van der Waals surface area contributed by atoms with Crippen LogP contribution in [0, 0.1) is 0 Å². The van der Waals surface area contributed by atoms with Gasteiger partial charge in [-0.15, -0.1) is 0 Å². The molecule has 0 bridgehead atoms. The van der Waals surface area contributed by atoms with Gasteiger partial charge in [0.05, 0.1) is 19.8 Å². The summed E-state index contributed by atoms with van der Waals surface area (Å²) in [6.07, 6.45) is 0.470. The van der Waals surface area contributed by atoms with Crippen LogP contribution in [-0.4, -0.2) is 39.3 Å². The van der Waals surface area contributed by atoms with E-state index in [4.69, 9.17) is 4.74 Å². The van der Waals surface area contributed by atoms with Crippen LogP contribution in [0.1, 0.15) is 26.3 Å². The highest BCUT2D eigenvalue weighted by atomic mass is 19.3. The number of hydrogen-bond donors (Lipinski definition) is 1. The van der Waals surface area contributed by atoms with Gasteiger partial charge in [0.15, 0.2) is 11.5 Å². The van der Waals surface area contributed by atoms with E-state index in [0.29, 0.717) is 24.1 Å². The lowest BCUT2D eigenvalue weighted by atomic mass is 10.1. The minimum absolute atomic E-state index is 0.0500. The van der Waals surface area contributed by atoms with Crippen molar-refractivity contribution < 1.29 is 32.6 Å². The summed E-state index contributed by atoms with van der Waals surface area (Å²) in [5.41, 5.74) is 1.54. The van der Waals surface area contributed by atoms with Crippen molar-refractivity contribution in [1.82, 2.24) is 5.32 Å². The molecule has 0 aliphatic carbocycles. The van der Waals surface area contributed by atoms with Crippen molar-refractivity contribution in [3.63, 3.8) is 0 Å². The van der Waals surface area contributed by atoms with Crippen LogP contribution in [0.25, 0.3) is 0 Å². The van der Waals surface area contributed by atoms with Crippen LogP contribution in [0.2, 0.25) is 0 Å². The number of benzene rings is 2. The molecule has 6 nitrogen and oxygen atoms in total. The molecule has 0 aromatic heterocycles. The number of alkyl halides is 2. The normalized spacial score (nSPS) is 10.4. The van der Waals surface area contributed by atoms with Crippen LogP contribution in [0.3, 0.4) is 0 Å². The van der Waals surface area contributed by atoms with Crippen LogP contribution in [0.4, 0.5) is 8.78 Å². The Morgan fingerprint density at radius 2 is 1.67 bits per heavy atom. The molecule has 0 heterocycles. The second kappa shape index (κ2) is 9.51. The summed E-state index contributed by atoms with van der Waals surface area (Å²) in [7, 11) is 2.64. The molecule has 2 aromatic carbocycles. The van der Waals surface area contributed by atoms with Crippen LogP contribution in [0.15, 0.2) is 42.5 Å². The van der Waals surface area contributed by atoms with Gasteiger partial charge in [0.25, 0.3) is 5.91 Å². The van der Waals surface area contributed by atoms with Gasteiger partial charge in [-0.3, -0.25) is 4.79 Å². The van der Waals surface area contributed by atoms with Crippen LogP contribution >= 0.6 is 0 Å². The number of halogens is 2. The van der Waals surface area contributed by atoms with Gasteiger partial charge >= 0.3 is 12.6 Å². The third-order valence-corrected chi connectivity index (χ3v) is 3.71. The van der Waals surface area contributed by atoms with Crippen molar-refractivity contribution >= 4 is 11.9 Å². The van der Waals surface area contributed by atoms with Crippen LogP contribution < -0.4 is 14.8 Å². The molecule has 0 aliphatic heterocycles. The van der Waals surface area contributed by atoms with Gasteiger partial charge in [-0.25, -0.2) is 4.79 Å². The monoisotopic (exact) mass is 379 g/mol. The standard InChI is InChI=1S/C19H19F2NO5/c1-25-16-11-12(3-8-15(16)27-19(20)21)9-10-22-17(23)13-4-6-14(7-5-13)18(24)26-2/h3-8,11,19H,9-10H2,1-2H3,(H,22,23). The van der Waals surface area contributed by atoms with Gasteiger partial charge < -0.3 is 19.5 Å². The van der Waals surface area contributed by atoms with Gasteiger partial charge in [0, 0.05) is 12.1 Å². The summed E-state index contributed by atoms with van der Waals surface area (Å²) >= 11 is 0. The van der Waals surface area contributed by atoms with E-state index >= 15 is 0 Å². The number of rotatable bonds is 8. The molecule has 8 heteroatoms. The molecule has 1 N–H and O–H groups in total. The topological polar surface area (TPSA) is 73.9 Å². The molecule has 1 amide bonds. The maximum Gasteiger partial charge on any atom is 0.387 e. The second-order valence-electron chi connectivity index (χ2n) is 5.44. The number of carbonyl (C=O) groups excluding carboxylic acids is 2. The van der Waals surface area contributed by atoms with Gasteiger partial charge in [-0.1, -0.05) is 6.07 Å². The molecule has 0 saturated heterocycles. The van der Waals surface area contributed by atoms with Crippen molar-refractivity contribution in [3.05, 3.63) is 59.2 Å². The Morgan fingerprint density at radius 1 is 1.00 bits per heavy atom. The highest BCUT2D eigenvalue weighted by Gasteiger charge is 2.12. The lowest BCUT2D eigenvalue weighted by Crippen LogP contribution is -2.25. The predicted molar refractivity (Wildman–Crippen MR) is 93.4 cm³/mol. The molecular formula is C19H19F2NO5. The molecular weight excluding hydrogens is 360 g/mol. The Hall–Kier alpha value is -3.16. The highest BCUT2D eigenvalue weighted by molar-refractivity contribution is 5.96. The molecule has 0 fully saturated rings. The molecule has 2 aromatic rings. The zero-order valence-electron chi connectivity index (χ0n) is 14.8. The van der Waals surface area contributed by atoms with Crippen molar-refractivity contribution in [2.45, 2.75) is 13.0 Å². The summed E-state index contributed by atoms with van der Waals surface area (Å²) in [6.45, 7) is -2.61. The molecule has 0 saturated carbocycles. The molecule has 0 unspecified atom stereocenters. The average Bonchev–Trinajstić information content (AvgIpc) is 2.68. The fourth-order valence-corrected chi connectivity index (χ4v) is 2.36. The van der Waals surface area contributed by atoms with Crippen LogP contribution in [0.5, 0.6) is 11.5 Å². The zero-order valence-corrected chi connectivity index (χ0v) is 14.8. The first-order valence-corrected chi connectivity index (χ1v) is 8.03. The molecule has 0 aliphatic rings. The number of esters is 1. The SMILES string of the molecule is COC(=O)c1ccc(C(=O)NCCc2ccc(OC(F)F)c(OC)c2)cc1. The first-order valence-electron chi connectivity index (χ1n) is 8.03. The van der Waals surface area contributed by atoms with Gasteiger partial charge in [0.2, 0.25) is 0 Å². The van der Waals surface area contributed by atoms with Crippen molar-refractivity contribution in [2.24, 2.45) is 0 Å². The molecule has 0 atom stereocenters. The summed E-state index contributed by atoms with van der Waals surface area (Å²) in [4.78, 5) is 23.5. The quantitative estimate of drug-likeness (QED) is 0.714. The first kappa shape index (κ1) is 20.2. The fourth-order valence-electron chi connectivity index (χ4n) is 2.36. The van der Waals surface area contributed by atoms with E-state index in [9.17, 15) is 18.4 Å². The molecule has 0 spiro atoms. The predicted octanol–water partition coefficient (Wildman–Crippen LogP) is 3.06. The van der Waals surface area contributed by atoms with Gasteiger partial charge in [0.1, 0.15) is 0 Å². The number of methoxy groups -OCH3 is 2. The average molecular weight is 379 g/mol. The Morgan fingerprint density at radius 3 is 2.26 bits per heavy atom. The maximum atomic E-state index is 12.3. The lowest BCUT2D eigenvalue weighted by Gasteiger charge is -2.12. The van der Waals surface area contributed by atoms with Gasteiger partial charge in [-0.2, -0.15) is 8.78 Å². The first-order chi connectivity index (χ1) is 12.9. The number of carbonyl (C=O) groups is 2.